The molecule has 3 N–H and O–H groups in total. The van der Waals surface area contributed by atoms with Crippen LogP contribution in [0.15, 0.2) is 47.2 Å². The highest BCUT2D eigenvalue weighted by molar-refractivity contribution is 5.95. The Labute approximate surface area is 122 Å². The molecule has 1 heterocycles. The van der Waals surface area contributed by atoms with Crippen molar-refractivity contribution in [1.29, 1.82) is 0 Å². The average Bonchev–Trinajstić information content (AvgIpc) is 2.62. The van der Waals surface area contributed by atoms with Crippen LogP contribution in [0.1, 0.15) is 13.8 Å². The predicted octanol–water partition coefficient (Wildman–Crippen LogP) is 0.918. The second-order valence-corrected chi connectivity index (χ2v) is 4.67. The molecule has 0 aromatic heterocycles. The van der Waals surface area contributed by atoms with Gasteiger partial charge >= 0.3 is 12.0 Å². The highest BCUT2D eigenvalue weighted by Crippen LogP contribution is 2.24. The Morgan fingerprint density at radius 1 is 1.38 bits per heavy atom. The Bertz CT molecular complexity index is 572. The monoisotopic (exact) mass is 290 g/mol. The molecule has 2 rings (SSSR count). The van der Waals surface area contributed by atoms with Gasteiger partial charge in [0.05, 0.1) is 24.3 Å². The minimum atomic E-state index is -0.888. The molecule has 2 aliphatic rings. The quantitative estimate of drug-likeness (QED) is 0.674. The molecule has 112 valence electrons. The van der Waals surface area contributed by atoms with Gasteiger partial charge in [-0.15, -0.1) is 0 Å². The van der Waals surface area contributed by atoms with E-state index in [4.69, 9.17) is 4.74 Å². The molecule has 1 aliphatic carbocycles. The number of amides is 2. The van der Waals surface area contributed by atoms with Gasteiger partial charge in [-0.1, -0.05) is 30.4 Å². The summed E-state index contributed by atoms with van der Waals surface area (Å²) in [6.07, 6.45) is 7.60. The van der Waals surface area contributed by atoms with Crippen LogP contribution in [0.25, 0.3) is 0 Å². The predicted molar refractivity (Wildman–Crippen MR) is 77.2 cm³/mol. The summed E-state index contributed by atoms with van der Waals surface area (Å²) in [6, 6.07) is -1.14. The molecule has 0 spiro atoms. The van der Waals surface area contributed by atoms with Crippen molar-refractivity contribution in [2.24, 2.45) is 0 Å². The van der Waals surface area contributed by atoms with Gasteiger partial charge in [-0.25, -0.2) is 9.59 Å². The number of nitrogens with one attached hydrogen (secondary N) is 2. The fourth-order valence-electron chi connectivity index (χ4n) is 2.30. The van der Waals surface area contributed by atoms with E-state index in [-0.39, 0.29) is 6.61 Å². The van der Waals surface area contributed by atoms with Crippen molar-refractivity contribution >= 4 is 12.0 Å². The first kappa shape index (κ1) is 15.1. The lowest BCUT2D eigenvalue weighted by Gasteiger charge is -2.30. The standard InChI is InChI=1S/C15H18N2O4/c1-3-21-14(19)12-9(2)16-15(20)17-13(12)10-7-5-4-6-8-11(10)18/h4-8,11,13,18H,3H2,1-2H3,(H2,16,17,20). The topological polar surface area (TPSA) is 87.7 Å². The summed E-state index contributed by atoms with van der Waals surface area (Å²) >= 11 is 0. The maximum Gasteiger partial charge on any atom is 0.338 e. The van der Waals surface area contributed by atoms with Crippen LogP contribution in [0.4, 0.5) is 4.79 Å². The van der Waals surface area contributed by atoms with Crippen LogP contribution in [0.5, 0.6) is 0 Å². The van der Waals surface area contributed by atoms with Gasteiger partial charge in [-0.2, -0.15) is 0 Å². The Morgan fingerprint density at radius 3 is 2.86 bits per heavy atom. The summed E-state index contributed by atoms with van der Waals surface area (Å²) in [6.45, 7) is 3.58. The van der Waals surface area contributed by atoms with Gasteiger partial charge in [0.1, 0.15) is 0 Å². The van der Waals surface area contributed by atoms with Gasteiger partial charge in [-0.3, -0.25) is 0 Å². The molecule has 2 unspecified atom stereocenters. The normalized spacial score (nSPS) is 24.9. The van der Waals surface area contributed by atoms with E-state index in [0.29, 0.717) is 16.8 Å². The molecule has 0 aromatic carbocycles. The highest BCUT2D eigenvalue weighted by Gasteiger charge is 2.35. The molecule has 0 saturated carbocycles. The van der Waals surface area contributed by atoms with E-state index in [2.05, 4.69) is 10.6 Å². The lowest BCUT2D eigenvalue weighted by atomic mass is 9.91. The fraction of sp³-hybridized carbons (Fsp3) is 0.333. The Balaban J connectivity index is 2.43. The zero-order valence-corrected chi connectivity index (χ0v) is 11.9. The number of carbonyl (C=O) groups is 2. The molecule has 6 nitrogen and oxygen atoms in total. The number of ether oxygens (including phenoxy) is 1. The van der Waals surface area contributed by atoms with Crippen molar-refractivity contribution in [3.05, 3.63) is 47.2 Å². The van der Waals surface area contributed by atoms with E-state index in [1.54, 1.807) is 44.2 Å². The van der Waals surface area contributed by atoms with Crippen LogP contribution in [0, 0.1) is 0 Å². The van der Waals surface area contributed by atoms with Crippen molar-refractivity contribution in [2.45, 2.75) is 26.0 Å². The maximum atomic E-state index is 12.1. The number of hydrogen-bond donors (Lipinski definition) is 3. The van der Waals surface area contributed by atoms with Crippen molar-refractivity contribution in [1.82, 2.24) is 10.6 Å². The SMILES string of the molecule is CCOC(=O)C1=C(C)NC(=O)NC1C1=CC=CC=CC1O. The molecule has 6 heteroatoms. The van der Waals surface area contributed by atoms with Gasteiger partial charge in [0.15, 0.2) is 0 Å². The first-order chi connectivity index (χ1) is 10.0. The first-order valence-electron chi connectivity index (χ1n) is 6.73. The molecular weight excluding hydrogens is 272 g/mol. The Morgan fingerprint density at radius 2 is 2.14 bits per heavy atom. The van der Waals surface area contributed by atoms with Gasteiger partial charge in [0.2, 0.25) is 0 Å². The third kappa shape index (κ3) is 3.22. The van der Waals surface area contributed by atoms with Crippen LogP contribution < -0.4 is 10.6 Å². The Kier molecular flexibility index (Phi) is 4.59. The Hall–Kier alpha value is -2.34. The number of aliphatic hydroxyl groups is 1. The largest absolute Gasteiger partial charge is 0.463 e. The summed E-state index contributed by atoms with van der Waals surface area (Å²) in [5.74, 6) is -0.516. The van der Waals surface area contributed by atoms with Gasteiger partial charge in [0.25, 0.3) is 0 Å². The van der Waals surface area contributed by atoms with E-state index in [1.807, 2.05) is 0 Å². The van der Waals surface area contributed by atoms with Crippen LogP contribution in [0.2, 0.25) is 0 Å². The summed E-state index contributed by atoms with van der Waals surface area (Å²) in [5.41, 5.74) is 1.23. The smallest absolute Gasteiger partial charge is 0.338 e. The molecule has 0 aromatic rings. The molecule has 0 saturated heterocycles. The van der Waals surface area contributed by atoms with Gasteiger partial charge in [-0.05, 0) is 19.4 Å². The van der Waals surface area contributed by atoms with E-state index < -0.39 is 24.1 Å². The molecular formula is C15H18N2O4. The van der Waals surface area contributed by atoms with E-state index in [9.17, 15) is 14.7 Å². The van der Waals surface area contributed by atoms with Crippen LogP contribution in [0.3, 0.4) is 0 Å². The molecule has 1 aliphatic heterocycles. The van der Waals surface area contributed by atoms with E-state index >= 15 is 0 Å². The van der Waals surface area contributed by atoms with Crippen molar-refractivity contribution in [3.63, 3.8) is 0 Å². The van der Waals surface area contributed by atoms with Crippen molar-refractivity contribution in [2.75, 3.05) is 6.61 Å². The third-order valence-electron chi connectivity index (χ3n) is 3.24. The lowest BCUT2D eigenvalue weighted by Crippen LogP contribution is -2.52. The first-order valence-corrected chi connectivity index (χ1v) is 6.73. The third-order valence-corrected chi connectivity index (χ3v) is 3.24. The number of aliphatic hydroxyl groups excluding tert-OH is 1. The van der Waals surface area contributed by atoms with Crippen LogP contribution in [-0.2, 0) is 9.53 Å². The highest BCUT2D eigenvalue weighted by atomic mass is 16.5. The zero-order valence-electron chi connectivity index (χ0n) is 11.9. The lowest BCUT2D eigenvalue weighted by molar-refractivity contribution is -0.138. The minimum absolute atomic E-state index is 0.234. The number of hydrogen-bond acceptors (Lipinski definition) is 4. The molecule has 0 bridgehead atoms. The average molecular weight is 290 g/mol. The number of urea groups is 1. The van der Waals surface area contributed by atoms with Crippen molar-refractivity contribution in [3.8, 4) is 0 Å². The zero-order chi connectivity index (χ0) is 15.4. The number of esters is 1. The maximum absolute atomic E-state index is 12.1. The molecule has 2 atom stereocenters. The number of allylic oxidation sites excluding steroid dienone is 5. The van der Waals surface area contributed by atoms with E-state index in [0.717, 1.165) is 0 Å². The molecule has 0 fully saturated rings. The number of carbonyl (C=O) groups excluding carboxylic acids is 2. The van der Waals surface area contributed by atoms with Crippen molar-refractivity contribution < 1.29 is 19.4 Å². The number of rotatable bonds is 3. The summed E-state index contributed by atoms with van der Waals surface area (Å²) in [7, 11) is 0. The molecule has 0 radical (unpaired) electrons. The van der Waals surface area contributed by atoms with Crippen LogP contribution >= 0.6 is 0 Å². The minimum Gasteiger partial charge on any atom is -0.463 e. The summed E-state index contributed by atoms with van der Waals surface area (Å²) in [5, 5.41) is 15.4. The molecule has 21 heavy (non-hydrogen) atoms. The van der Waals surface area contributed by atoms with Gasteiger partial charge < -0.3 is 20.5 Å². The second kappa shape index (κ2) is 6.41. The van der Waals surface area contributed by atoms with Crippen LogP contribution in [-0.4, -0.2) is 35.9 Å². The van der Waals surface area contributed by atoms with E-state index in [1.165, 1.54) is 0 Å². The summed E-state index contributed by atoms with van der Waals surface area (Å²) in [4.78, 5) is 23.8. The fourth-order valence-corrected chi connectivity index (χ4v) is 2.30. The second-order valence-electron chi connectivity index (χ2n) is 4.67. The molecule has 2 amide bonds. The van der Waals surface area contributed by atoms with Gasteiger partial charge in [0, 0.05) is 5.70 Å². The summed E-state index contributed by atoms with van der Waals surface area (Å²) < 4.78 is 5.04.